The molecule has 1 atom stereocenters. The molecule has 2 aliphatic heterocycles. The summed E-state index contributed by atoms with van der Waals surface area (Å²) in [5, 5.41) is 6.61. The van der Waals surface area contributed by atoms with Crippen molar-refractivity contribution in [2.75, 3.05) is 13.2 Å². The van der Waals surface area contributed by atoms with Gasteiger partial charge in [0.1, 0.15) is 6.23 Å². The fraction of sp³-hybridized carbons (Fsp3) is 0.391. The lowest BCUT2D eigenvalue weighted by Crippen LogP contribution is -2.18. The third kappa shape index (κ3) is 3.56. The molecule has 1 unspecified atom stereocenters. The zero-order chi connectivity index (χ0) is 21.5. The number of nitrogens with zero attached hydrogens (tertiary/aromatic N) is 3. The number of allylic oxidation sites excluding steroid dienone is 1. The molecule has 0 saturated carbocycles. The van der Waals surface area contributed by atoms with Gasteiger partial charge in [0.25, 0.3) is 0 Å². The molecule has 162 valence electrons. The quantitative estimate of drug-likeness (QED) is 0.362. The van der Waals surface area contributed by atoms with Gasteiger partial charge in [-0.3, -0.25) is 0 Å². The molecule has 1 saturated heterocycles. The van der Waals surface area contributed by atoms with Crippen LogP contribution in [0.1, 0.15) is 44.5 Å². The largest absolute Gasteiger partial charge is 0.463 e. The standard InChI is InChI=1S/C23H23Cl2N3O3/c1-2-30-19(29)11-14-8-9-27-22(14)20(16-6-7-17(24)21(25)23(16)27)15-12-26-28(13-15)18-5-3-4-10-31-18/h6-7,11-13,18H,2-5,8-10H2,1H3/b14-11+. The smallest absolute Gasteiger partial charge is 0.331 e. The molecule has 0 bridgehead atoms. The number of ether oxygens (including phenoxy) is 2. The van der Waals surface area contributed by atoms with Crippen molar-refractivity contribution in [2.24, 2.45) is 0 Å². The van der Waals surface area contributed by atoms with E-state index in [0.29, 0.717) is 16.7 Å². The van der Waals surface area contributed by atoms with Crippen molar-refractivity contribution in [3.8, 4) is 11.1 Å². The van der Waals surface area contributed by atoms with Crippen molar-refractivity contribution in [2.45, 2.75) is 45.4 Å². The van der Waals surface area contributed by atoms with Gasteiger partial charge in [0.05, 0.1) is 34.1 Å². The predicted molar refractivity (Wildman–Crippen MR) is 121 cm³/mol. The summed E-state index contributed by atoms with van der Waals surface area (Å²) in [6, 6.07) is 3.80. The van der Waals surface area contributed by atoms with Crippen LogP contribution in [0.3, 0.4) is 0 Å². The number of hydrogen-bond acceptors (Lipinski definition) is 4. The maximum absolute atomic E-state index is 12.2. The molecule has 0 amide bonds. The molecule has 3 aromatic rings. The Morgan fingerprint density at radius 1 is 1.35 bits per heavy atom. The second-order valence-electron chi connectivity index (χ2n) is 7.83. The Bertz CT molecular complexity index is 1190. The number of carbonyl (C=O) groups is 1. The van der Waals surface area contributed by atoms with Crippen LogP contribution in [0, 0.1) is 0 Å². The third-order valence-corrected chi connectivity index (χ3v) is 6.74. The van der Waals surface area contributed by atoms with Crippen LogP contribution >= 0.6 is 23.2 Å². The molecular weight excluding hydrogens is 437 g/mol. The number of hydrogen-bond donors (Lipinski definition) is 0. The monoisotopic (exact) mass is 459 g/mol. The van der Waals surface area contributed by atoms with Crippen LogP contribution in [0.2, 0.25) is 10.0 Å². The Hall–Kier alpha value is -2.28. The highest BCUT2D eigenvalue weighted by Gasteiger charge is 2.29. The van der Waals surface area contributed by atoms with Gasteiger partial charge in [-0.15, -0.1) is 0 Å². The lowest BCUT2D eigenvalue weighted by atomic mass is 10.00. The highest BCUT2D eigenvalue weighted by molar-refractivity contribution is 6.45. The van der Waals surface area contributed by atoms with Crippen molar-refractivity contribution in [1.29, 1.82) is 0 Å². The van der Waals surface area contributed by atoms with E-state index >= 15 is 0 Å². The zero-order valence-corrected chi connectivity index (χ0v) is 18.7. The van der Waals surface area contributed by atoms with Crippen molar-refractivity contribution in [1.82, 2.24) is 14.3 Å². The predicted octanol–water partition coefficient (Wildman–Crippen LogP) is 5.86. The maximum atomic E-state index is 12.2. The molecule has 1 fully saturated rings. The summed E-state index contributed by atoms with van der Waals surface area (Å²) in [6.45, 7) is 3.62. The molecule has 8 heteroatoms. The van der Waals surface area contributed by atoms with Gasteiger partial charge in [-0.2, -0.15) is 5.10 Å². The number of esters is 1. The van der Waals surface area contributed by atoms with E-state index in [1.807, 2.05) is 29.2 Å². The van der Waals surface area contributed by atoms with Gasteiger partial charge < -0.3 is 14.0 Å². The first-order valence-corrected chi connectivity index (χ1v) is 11.4. The minimum atomic E-state index is -0.336. The summed E-state index contributed by atoms with van der Waals surface area (Å²) >= 11 is 13.0. The summed E-state index contributed by atoms with van der Waals surface area (Å²) in [6.07, 6.45) is 9.32. The van der Waals surface area contributed by atoms with E-state index in [-0.39, 0.29) is 12.2 Å². The number of aromatic nitrogens is 3. The van der Waals surface area contributed by atoms with Crippen molar-refractivity contribution >= 4 is 45.6 Å². The SMILES string of the molecule is CCOC(=O)/C=C1\CCn2c1c(-c1cnn(C3CCCCO3)c1)c1ccc(Cl)c(Cl)c12. The average Bonchev–Trinajstić information content (AvgIpc) is 3.47. The molecule has 0 spiro atoms. The summed E-state index contributed by atoms with van der Waals surface area (Å²) in [5.41, 5.74) is 4.74. The Morgan fingerprint density at radius 3 is 3.00 bits per heavy atom. The van der Waals surface area contributed by atoms with Gasteiger partial charge in [-0.1, -0.05) is 29.3 Å². The molecule has 31 heavy (non-hydrogen) atoms. The van der Waals surface area contributed by atoms with Gasteiger partial charge in [0, 0.05) is 41.9 Å². The topological polar surface area (TPSA) is 58.3 Å². The molecule has 4 heterocycles. The summed E-state index contributed by atoms with van der Waals surface area (Å²) in [7, 11) is 0. The summed E-state index contributed by atoms with van der Waals surface area (Å²) < 4.78 is 15.1. The first-order valence-electron chi connectivity index (χ1n) is 10.6. The second kappa shape index (κ2) is 8.34. The Kier molecular flexibility index (Phi) is 5.54. The van der Waals surface area contributed by atoms with Gasteiger partial charge in [0.15, 0.2) is 0 Å². The summed E-state index contributed by atoms with van der Waals surface area (Å²) in [5.74, 6) is -0.336. The number of benzene rings is 1. The number of aryl methyl sites for hydroxylation is 1. The first-order chi connectivity index (χ1) is 15.1. The number of rotatable bonds is 4. The third-order valence-electron chi connectivity index (χ3n) is 5.94. The number of halogens is 2. The molecule has 0 aliphatic carbocycles. The van der Waals surface area contributed by atoms with Gasteiger partial charge in [-0.05, 0) is 44.2 Å². The summed E-state index contributed by atoms with van der Waals surface area (Å²) in [4.78, 5) is 12.2. The van der Waals surface area contributed by atoms with E-state index in [1.165, 1.54) is 0 Å². The van der Waals surface area contributed by atoms with Crippen LogP contribution in [0.25, 0.3) is 27.6 Å². The molecule has 2 aromatic heterocycles. The molecule has 5 rings (SSSR count). The van der Waals surface area contributed by atoms with Gasteiger partial charge in [0.2, 0.25) is 0 Å². The van der Waals surface area contributed by atoms with Gasteiger partial charge >= 0.3 is 5.97 Å². The van der Waals surface area contributed by atoms with E-state index in [4.69, 9.17) is 32.7 Å². The minimum absolute atomic E-state index is 0.0444. The maximum Gasteiger partial charge on any atom is 0.331 e. The minimum Gasteiger partial charge on any atom is -0.463 e. The Balaban J connectivity index is 1.68. The highest BCUT2D eigenvalue weighted by Crippen LogP contribution is 2.46. The van der Waals surface area contributed by atoms with Gasteiger partial charge in [-0.25, -0.2) is 9.48 Å². The van der Waals surface area contributed by atoms with E-state index in [1.54, 1.807) is 13.0 Å². The van der Waals surface area contributed by atoms with Crippen molar-refractivity contribution in [3.05, 3.63) is 46.3 Å². The normalized spacial score (nSPS) is 19.8. The second-order valence-corrected chi connectivity index (χ2v) is 8.62. The van der Waals surface area contributed by atoms with Crippen molar-refractivity contribution < 1.29 is 14.3 Å². The molecule has 0 N–H and O–H groups in total. The van der Waals surface area contributed by atoms with Crippen LogP contribution in [-0.2, 0) is 20.8 Å². The van der Waals surface area contributed by atoms with E-state index in [0.717, 1.165) is 72.1 Å². The van der Waals surface area contributed by atoms with Crippen LogP contribution in [0.15, 0.2) is 30.6 Å². The van der Waals surface area contributed by atoms with Crippen molar-refractivity contribution in [3.63, 3.8) is 0 Å². The lowest BCUT2D eigenvalue weighted by Gasteiger charge is -2.22. The van der Waals surface area contributed by atoms with E-state index in [2.05, 4.69) is 9.67 Å². The lowest BCUT2D eigenvalue weighted by molar-refractivity contribution is -0.137. The van der Waals surface area contributed by atoms with Crippen LogP contribution in [-0.4, -0.2) is 33.5 Å². The fourth-order valence-electron chi connectivity index (χ4n) is 4.60. The first kappa shape index (κ1) is 20.6. The zero-order valence-electron chi connectivity index (χ0n) is 17.2. The van der Waals surface area contributed by atoms with Crippen LogP contribution < -0.4 is 0 Å². The van der Waals surface area contributed by atoms with E-state index in [9.17, 15) is 4.79 Å². The van der Waals surface area contributed by atoms with Crippen LogP contribution in [0.5, 0.6) is 0 Å². The number of carbonyl (C=O) groups excluding carboxylic acids is 1. The van der Waals surface area contributed by atoms with Crippen LogP contribution in [0.4, 0.5) is 0 Å². The Labute approximate surface area is 190 Å². The molecule has 1 aromatic carbocycles. The molecule has 2 aliphatic rings. The Morgan fingerprint density at radius 2 is 2.23 bits per heavy atom. The molecular formula is C23H23Cl2N3O3. The average molecular weight is 460 g/mol. The highest BCUT2D eigenvalue weighted by atomic mass is 35.5. The molecule has 6 nitrogen and oxygen atoms in total. The fourth-order valence-corrected chi connectivity index (χ4v) is 5.02. The number of fused-ring (bicyclic) bond motifs is 3. The van der Waals surface area contributed by atoms with E-state index < -0.39 is 0 Å². The molecule has 0 radical (unpaired) electrons.